The lowest BCUT2D eigenvalue weighted by Gasteiger charge is -2.61. The Morgan fingerprint density at radius 2 is 1.93 bits per heavy atom. The molecule has 1 saturated heterocycles. The maximum absolute atomic E-state index is 14.0. The van der Waals surface area contributed by atoms with Crippen LogP contribution in [0.3, 0.4) is 0 Å². The van der Waals surface area contributed by atoms with Gasteiger partial charge in [-0.3, -0.25) is 14.3 Å². The molecule has 8 rings (SSSR count). The molecule has 0 amide bonds. The van der Waals surface area contributed by atoms with E-state index in [1.54, 1.807) is 22.9 Å². The molecule has 5 unspecified atom stereocenters. The molecule has 2 N–H and O–H groups in total. The average Bonchev–Trinajstić information content (AvgIpc) is 3.05. The van der Waals surface area contributed by atoms with Crippen LogP contribution in [0.15, 0.2) is 76.6 Å². The molecule has 2 aromatic heterocycles. The smallest absolute Gasteiger partial charge is 0.261 e. The quantitative estimate of drug-likeness (QED) is 0.204. The Morgan fingerprint density at radius 3 is 2.65 bits per heavy atom. The second-order valence-electron chi connectivity index (χ2n) is 14.1. The molecular formula is C37H44FN7O. The monoisotopic (exact) mass is 621 g/mol. The third kappa shape index (κ3) is 5.81. The number of aliphatic imine (C=N–C) groups is 1. The van der Waals surface area contributed by atoms with Gasteiger partial charge in [-0.25, -0.2) is 14.4 Å². The second kappa shape index (κ2) is 12.2. The maximum Gasteiger partial charge on any atom is 0.261 e. The Bertz CT molecular complexity index is 1800. The summed E-state index contributed by atoms with van der Waals surface area (Å²) >= 11 is 0. The van der Waals surface area contributed by atoms with Crippen LogP contribution in [0.5, 0.6) is 0 Å². The number of aryl methyl sites for hydroxylation is 1. The van der Waals surface area contributed by atoms with Crippen LogP contribution < -0.4 is 16.2 Å². The van der Waals surface area contributed by atoms with Gasteiger partial charge in [-0.15, -0.1) is 0 Å². The van der Waals surface area contributed by atoms with E-state index in [0.29, 0.717) is 58.7 Å². The van der Waals surface area contributed by atoms with Gasteiger partial charge in [-0.05, 0) is 97.4 Å². The summed E-state index contributed by atoms with van der Waals surface area (Å²) < 4.78 is 15.2. The van der Waals surface area contributed by atoms with E-state index in [9.17, 15) is 9.18 Å². The van der Waals surface area contributed by atoms with Crippen LogP contribution in [-0.4, -0.2) is 57.1 Å². The highest BCUT2D eigenvalue weighted by atomic mass is 19.1. The first-order chi connectivity index (χ1) is 22.2. The molecule has 4 fully saturated rings. The highest BCUT2D eigenvalue weighted by molar-refractivity contribution is 5.96. The normalized spacial score (nSPS) is 25.7. The van der Waals surface area contributed by atoms with E-state index in [1.807, 2.05) is 36.4 Å². The minimum Gasteiger partial charge on any atom is -0.340 e. The van der Waals surface area contributed by atoms with Crippen molar-refractivity contribution in [2.75, 3.05) is 25.0 Å². The number of benzene rings is 2. The van der Waals surface area contributed by atoms with Crippen LogP contribution in [0, 0.1) is 29.0 Å². The molecule has 3 aliphatic carbocycles. The molecule has 5 atom stereocenters. The summed E-state index contributed by atoms with van der Waals surface area (Å²) in [5.41, 5.74) is 3.32. The average molecular weight is 622 g/mol. The van der Waals surface area contributed by atoms with E-state index in [4.69, 9.17) is 9.98 Å². The van der Waals surface area contributed by atoms with Gasteiger partial charge in [-0.2, -0.15) is 0 Å². The zero-order chi connectivity index (χ0) is 32.0. The van der Waals surface area contributed by atoms with Gasteiger partial charge in [-0.1, -0.05) is 39.0 Å². The molecule has 4 aliphatic rings. The molecule has 9 heteroatoms. The van der Waals surface area contributed by atoms with Gasteiger partial charge in [0, 0.05) is 44.1 Å². The SMILES string of the molecule is CC1CN(C(=NC2CC3CC(C2C)C3(C)C)Nc2ccc3c(=O)n(CCc4ccc(F)cc4)c(-c4ccccn4)nc3c2)CCN1. The molecule has 3 heterocycles. The molecule has 0 spiro atoms. The lowest BCUT2D eigenvalue weighted by molar-refractivity contribution is -0.108. The molecule has 2 aromatic carbocycles. The van der Waals surface area contributed by atoms with Crippen LogP contribution in [0.2, 0.25) is 0 Å². The molecule has 1 aliphatic heterocycles. The molecule has 2 bridgehead atoms. The summed E-state index contributed by atoms with van der Waals surface area (Å²) in [7, 11) is 0. The van der Waals surface area contributed by atoms with E-state index in [1.165, 1.54) is 18.6 Å². The Hall–Kier alpha value is -4.11. The van der Waals surface area contributed by atoms with Gasteiger partial charge >= 0.3 is 0 Å². The maximum atomic E-state index is 14.0. The number of pyridine rings is 1. The predicted molar refractivity (Wildman–Crippen MR) is 182 cm³/mol. The Morgan fingerprint density at radius 1 is 1.11 bits per heavy atom. The number of aromatic nitrogens is 3. The second-order valence-corrected chi connectivity index (χ2v) is 14.1. The van der Waals surface area contributed by atoms with Gasteiger partial charge in [0.1, 0.15) is 11.5 Å². The van der Waals surface area contributed by atoms with E-state index in [0.717, 1.165) is 49.2 Å². The lowest BCUT2D eigenvalue weighted by Crippen LogP contribution is -2.57. The van der Waals surface area contributed by atoms with Crippen molar-refractivity contribution in [1.29, 1.82) is 0 Å². The van der Waals surface area contributed by atoms with E-state index < -0.39 is 0 Å². The van der Waals surface area contributed by atoms with Crippen LogP contribution in [0.25, 0.3) is 22.4 Å². The van der Waals surface area contributed by atoms with Crippen molar-refractivity contribution in [1.82, 2.24) is 24.8 Å². The van der Waals surface area contributed by atoms with Crippen LogP contribution >= 0.6 is 0 Å². The number of piperazine rings is 1. The summed E-state index contributed by atoms with van der Waals surface area (Å²) in [5, 5.41) is 7.78. The van der Waals surface area contributed by atoms with Crippen LogP contribution in [0.4, 0.5) is 10.1 Å². The predicted octanol–water partition coefficient (Wildman–Crippen LogP) is 5.97. The minimum absolute atomic E-state index is 0.123. The van der Waals surface area contributed by atoms with Crippen molar-refractivity contribution in [2.24, 2.45) is 28.2 Å². The molecule has 0 radical (unpaired) electrons. The fourth-order valence-corrected chi connectivity index (χ4v) is 7.99. The molecule has 46 heavy (non-hydrogen) atoms. The number of hydrogen-bond acceptors (Lipinski definition) is 5. The molecular weight excluding hydrogens is 577 g/mol. The van der Waals surface area contributed by atoms with Crippen molar-refractivity contribution in [3.05, 3.63) is 88.6 Å². The number of fused-ring (bicyclic) bond motifs is 3. The summed E-state index contributed by atoms with van der Waals surface area (Å²) in [6.07, 6.45) is 4.72. The summed E-state index contributed by atoms with van der Waals surface area (Å²) in [5.74, 6) is 3.11. The fraction of sp³-hybridized carbons (Fsp3) is 0.459. The third-order valence-corrected chi connectivity index (χ3v) is 10.9. The van der Waals surface area contributed by atoms with Gasteiger partial charge in [0.05, 0.1) is 16.9 Å². The van der Waals surface area contributed by atoms with Crippen molar-refractivity contribution >= 4 is 22.5 Å². The fourth-order valence-electron chi connectivity index (χ4n) is 7.99. The van der Waals surface area contributed by atoms with Crippen molar-refractivity contribution in [3.63, 3.8) is 0 Å². The Balaban J connectivity index is 1.23. The Labute approximate surface area is 270 Å². The number of nitrogens with zero attached hydrogens (tertiary/aromatic N) is 5. The van der Waals surface area contributed by atoms with Crippen molar-refractivity contribution < 1.29 is 4.39 Å². The highest BCUT2D eigenvalue weighted by Gasteiger charge is 2.56. The number of guanidine groups is 1. The first-order valence-corrected chi connectivity index (χ1v) is 16.7. The topological polar surface area (TPSA) is 87.4 Å². The lowest BCUT2D eigenvalue weighted by atomic mass is 9.45. The molecule has 240 valence electrons. The van der Waals surface area contributed by atoms with Crippen LogP contribution in [0.1, 0.15) is 46.1 Å². The third-order valence-electron chi connectivity index (χ3n) is 10.9. The molecule has 3 saturated carbocycles. The number of rotatable bonds is 6. The van der Waals surface area contributed by atoms with Gasteiger partial charge in [0.15, 0.2) is 11.8 Å². The van der Waals surface area contributed by atoms with Gasteiger partial charge < -0.3 is 15.5 Å². The number of anilines is 1. The number of halogens is 1. The van der Waals surface area contributed by atoms with E-state index in [2.05, 4.69) is 48.2 Å². The summed E-state index contributed by atoms with van der Waals surface area (Å²) in [6.45, 7) is 12.5. The van der Waals surface area contributed by atoms with Crippen molar-refractivity contribution in [3.8, 4) is 11.5 Å². The van der Waals surface area contributed by atoms with Crippen LogP contribution in [-0.2, 0) is 13.0 Å². The minimum atomic E-state index is -0.277. The molecule has 4 aromatic rings. The van der Waals surface area contributed by atoms with Gasteiger partial charge in [0.25, 0.3) is 5.56 Å². The number of nitrogens with one attached hydrogen (secondary N) is 2. The first-order valence-electron chi connectivity index (χ1n) is 16.7. The highest BCUT2D eigenvalue weighted by Crippen LogP contribution is 2.61. The van der Waals surface area contributed by atoms with Crippen molar-refractivity contribution in [2.45, 2.75) is 65.6 Å². The zero-order valence-corrected chi connectivity index (χ0v) is 27.2. The number of hydrogen-bond donors (Lipinski definition) is 2. The zero-order valence-electron chi connectivity index (χ0n) is 27.2. The van der Waals surface area contributed by atoms with E-state index in [-0.39, 0.29) is 17.4 Å². The van der Waals surface area contributed by atoms with E-state index >= 15 is 0 Å². The standard InChI is InChI=1S/C37H44FN7O/c1-23-22-44(18-16-39-23)36(43-32-20-26-19-30(24(32)2)37(26,3)4)41-28-12-13-29-33(21-28)42-34(31-7-5-6-15-40-31)45(35(29)46)17-14-25-8-10-27(38)11-9-25/h5-13,15,21,23-24,26,30,32,39H,14,16-20,22H2,1-4H3,(H,41,43). The largest absolute Gasteiger partial charge is 0.340 e. The molecule has 8 nitrogen and oxygen atoms in total. The summed E-state index contributed by atoms with van der Waals surface area (Å²) in [6, 6.07) is 18.5. The summed E-state index contributed by atoms with van der Waals surface area (Å²) in [4.78, 5) is 31.3. The Kier molecular flexibility index (Phi) is 8.13. The van der Waals surface area contributed by atoms with Gasteiger partial charge in [0.2, 0.25) is 0 Å². The first kappa shape index (κ1) is 30.5.